The second-order valence-corrected chi connectivity index (χ2v) is 6.03. The topological polar surface area (TPSA) is 29.5 Å². The van der Waals surface area contributed by atoms with Crippen molar-refractivity contribution in [1.29, 1.82) is 0 Å². The molecule has 19 heavy (non-hydrogen) atoms. The van der Waals surface area contributed by atoms with Crippen LogP contribution in [0.1, 0.15) is 67.2 Å². The van der Waals surface area contributed by atoms with E-state index in [0.717, 1.165) is 38.8 Å². The van der Waals surface area contributed by atoms with Crippen LogP contribution in [0, 0.1) is 11.8 Å². The summed E-state index contributed by atoms with van der Waals surface area (Å²) in [5.41, 5.74) is 0. The van der Waals surface area contributed by atoms with Crippen LogP contribution in [0.4, 0.5) is 4.79 Å². The highest BCUT2D eigenvalue weighted by Crippen LogP contribution is 2.17. The zero-order valence-corrected chi connectivity index (χ0v) is 13.7. The molecule has 3 nitrogen and oxygen atoms in total. The molecular formula is C16H33NO2. The minimum absolute atomic E-state index is 0.0123. The van der Waals surface area contributed by atoms with Crippen molar-refractivity contribution in [1.82, 2.24) is 4.90 Å². The van der Waals surface area contributed by atoms with Crippen LogP contribution in [0.3, 0.4) is 0 Å². The van der Waals surface area contributed by atoms with E-state index < -0.39 is 0 Å². The van der Waals surface area contributed by atoms with Gasteiger partial charge in [0.1, 0.15) is 6.10 Å². The molecule has 0 aliphatic carbocycles. The summed E-state index contributed by atoms with van der Waals surface area (Å²) in [6.45, 7) is 14.4. The first-order valence-corrected chi connectivity index (χ1v) is 7.89. The third-order valence-electron chi connectivity index (χ3n) is 3.37. The normalized spacial score (nSPS) is 11.4. The van der Waals surface area contributed by atoms with Crippen molar-refractivity contribution >= 4 is 6.09 Å². The highest BCUT2D eigenvalue weighted by atomic mass is 16.6. The molecule has 0 aromatic heterocycles. The number of amides is 1. The molecule has 0 spiro atoms. The second kappa shape index (κ2) is 10.1. The average Bonchev–Trinajstić information content (AvgIpc) is 2.35. The van der Waals surface area contributed by atoms with Gasteiger partial charge in [0, 0.05) is 13.1 Å². The molecule has 0 saturated heterocycles. The van der Waals surface area contributed by atoms with Gasteiger partial charge in [-0.05, 0) is 24.7 Å². The maximum absolute atomic E-state index is 12.3. The maximum Gasteiger partial charge on any atom is 0.410 e. The summed E-state index contributed by atoms with van der Waals surface area (Å²) < 4.78 is 5.72. The third kappa shape index (κ3) is 7.44. The van der Waals surface area contributed by atoms with Crippen LogP contribution in [0.15, 0.2) is 0 Å². The highest BCUT2D eigenvalue weighted by Gasteiger charge is 2.24. The van der Waals surface area contributed by atoms with E-state index in [1.807, 2.05) is 4.90 Å². The van der Waals surface area contributed by atoms with Crippen molar-refractivity contribution in [3.63, 3.8) is 0 Å². The van der Waals surface area contributed by atoms with Crippen molar-refractivity contribution in [2.75, 3.05) is 13.1 Å². The Labute approximate surface area is 119 Å². The van der Waals surface area contributed by atoms with E-state index in [2.05, 4.69) is 41.5 Å². The van der Waals surface area contributed by atoms with Crippen LogP contribution in [0.5, 0.6) is 0 Å². The largest absolute Gasteiger partial charge is 0.446 e. The van der Waals surface area contributed by atoms with Gasteiger partial charge in [-0.25, -0.2) is 4.79 Å². The Bertz CT molecular complexity index is 223. The molecule has 0 atom stereocenters. The molecule has 3 heteroatoms. The standard InChI is InChI=1S/C16H33NO2/c1-7-9-11-17(12-10-8-2)16(18)19-15(13(3)4)14(5)6/h13-15H,7-12H2,1-6H3. The first kappa shape index (κ1) is 18.3. The van der Waals surface area contributed by atoms with E-state index >= 15 is 0 Å². The van der Waals surface area contributed by atoms with Gasteiger partial charge >= 0.3 is 6.09 Å². The molecule has 0 fully saturated rings. The number of nitrogens with zero attached hydrogens (tertiary/aromatic N) is 1. The van der Waals surface area contributed by atoms with E-state index in [1.165, 1.54) is 0 Å². The fraction of sp³-hybridized carbons (Fsp3) is 0.938. The Morgan fingerprint density at radius 3 is 1.68 bits per heavy atom. The molecule has 0 aliphatic heterocycles. The summed E-state index contributed by atoms with van der Waals surface area (Å²) >= 11 is 0. The van der Waals surface area contributed by atoms with Gasteiger partial charge in [-0.2, -0.15) is 0 Å². The molecule has 0 unspecified atom stereocenters. The number of hydrogen-bond acceptors (Lipinski definition) is 2. The van der Waals surface area contributed by atoms with E-state index in [1.54, 1.807) is 0 Å². The van der Waals surface area contributed by atoms with E-state index in [-0.39, 0.29) is 12.2 Å². The molecule has 0 aromatic rings. The van der Waals surface area contributed by atoms with Gasteiger partial charge in [0.2, 0.25) is 0 Å². The first-order chi connectivity index (χ1) is 8.93. The summed E-state index contributed by atoms with van der Waals surface area (Å²) in [5.74, 6) is 0.728. The Hall–Kier alpha value is -0.730. The minimum Gasteiger partial charge on any atom is -0.446 e. The second-order valence-electron chi connectivity index (χ2n) is 6.03. The number of hydrogen-bond donors (Lipinski definition) is 0. The Morgan fingerprint density at radius 1 is 0.947 bits per heavy atom. The lowest BCUT2D eigenvalue weighted by Gasteiger charge is -2.29. The molecule has 0 aliphatic rings. The quantitative estimate of drug-likeness (QED) is 0.608. The van der Waals surface area contributed by atoms with Gasteiger partial charge in [0.05, 0.1) is 0 Å². The van der Waals surface area contributed by atoms with E-state index in [0.29, 0.717) is 11.8 Å². The molecule has 114 valence electrons. The zero-order chi connectivity index (χ0) is 14.8. The van der Waals surface area contributed by atoms with Gasteiger partial charge in [-0.3, -0.25) is 0 Å². The fourth-order valence-electron chi connectivity index (χ4n) is 2.23. The summed E-state index contributed by atoms with van der Waals surface area (Å²) in [6, 6.07) is 0. The number of carbonyl (C=O) groups excluding carboxylic acids is 1. The molecular weight excluding hydrogens is 238 g/mol. The van der Waals surface area contributed by atoms with Crippen molar-refractivity contribution in [2.45, 2.75) is 73.3 Å². The van der Waals surface area contributed by atoms with Gasteiger partial charge in [0.15, 0.2) is 0 Å². The summed E-state index contributed by atoms with van der Waals surface area (Å²) in [7, 11) is 0. The molecule has 0 radical (unpaired) electrons. The molecule has 0 N–H and O–H groups in total. The van der Waals surface area contributed by atoms with Crippen LogP contribution in [0.25, 0.3) is 0 Å². The van der Waals surface area contributed by atoms with Crippen LogP contribution >= 0.6 is 0 Å². The number of ether oxygens (including phenoxy) is 1. The van der Waals surface area contributed by atoms with Crippen LogP contribution in [-0.4, -0.2) is 30.2 Å². The zero-order valence-electron chi connectivity index (χ0n) is 13.7. The van der Waals surface area contributed by atoms with Crippen molar-refractivity contribution in [2.24, 2.45) is 11.8 Å². The molecule has 0 saturated carbocycles. The monoisotopic (exact) mass is 271 g/mol. The van der Waals surface area contributed by atoms with E-state index in [4.69, 9.17) is 4.74 Å². The van der Waals surface area contributed by atoms with Crippen LogP contribution in [-0.2, 0) is 4.74 Å². The summed E-state index contributed by atoms with van der Waals surface area (Å²) in [6.07, 6.45) is 4.19. The van der Waals surface area contributed by atoms with Crippen molar-refractivity contribution in [3.05, 3.63) is 0 Å². The third-order valence-corrected chi connectivity index (χ3v) is 3.37. The fourth-order valence-corrected chi connectivity index (χ4v) is 2.23. The number of carbonyl (C=O) groups is 1. The lowest BCUT2D eigenvalue weighted by Crippen LogP contribution is -2.38. The predicted octanol–water partition coefficient (Wildman–Crippen LogP) is 4.71. The molecule has 0 aromatic carbocycles. The molecule has 0 heterocycles. The first-order valence-electron chi connectivity index (χ1n) is 7.89. The van der Waals surface area contributed by atoms with Gasteiger partial charge < -0.3 is 9.64 Å². The molecule has 0 rings (SSSR count). The smallest absolute Gasteiger partial charge is 0.410 e. The van der Waals surface area contributed by atoms with Gasteiger partial charge in [0.25, 0.3) is 0 Å². The predicted molar refractivity (Wildman–Crippen MR) is 81.3 cm³/mol. The SMILES string of the molecule is CCCCN(CCCC)C(=O)OC(C(C)C)C(C)C. The van der Waals surface area contributed by atoms with Crippen molar-refractivity contribution in [3.8, 4) is 0 Å². The van der Waals surface area contributed by atoms with Gasteiger partial charge in [-0.15, -0.1) is 0 Å². The van der Waals surface area contributed by atoms with Gasteiger partial charge in [-0.1, -0.05) is 54.4 Å². The van der Waals surface area contributed by atoms with Crippen LogP contribution < -0.4 is 0 Å². The molecule has 0 bridgehead atoms. The summed E-state index contributed by atoms with van der Waals surface area (Å²) in [5, 5.41) is 0. The lowest BCUT2D eigenvalue weighted by atomic mass is 9.96. The Balaban J connectivity index is 4.50. The lowest BCUT2D eigenvalue weighted by molar-refractivity contribution is 0.0180. The average molecular weight is 271 g/mol. The minimum atomic E-state index is -0.130. The van der Waals surface area contributed by atoms with Crippen LogP contribution in [0.2, 0.25) is 0 Å². The van der Waals surface area contributed by atoms with Crippen molar-refractivity contribution < 1.29 is 9.53 Å². The maximum atomic E-state index is 12.3. The number of rotatable bonds is 9. The van der Waals surface area contributed by atoms with E-state index in [9.17, 15) is 4.79 Å². The summed E-state index contributed by atoms with van der Waals surface area (Å²) in [4.78, 5) is 14.2. The number of unbranched alkanes of at least 4 members (excludes halogenated alkanes) is 2. The Kier molecular flexibility index (Phi) is 9.72. The molecule has 1 amide bonds. The highest BCUT2D eigenvalue weighted by molar-refractivity contribution is 5.67. The Morgan fingerprint density at radius 2 is 1.37 bits per heavy atom.